The third kappa shape index (κ3) is 3.16. The molecule has 21 heavy (non-hydrogen) atoms. The quantitative estimate of drug-likeness (QED) is 0.748. The number of anilines is 1. The van der Waals surface area contributed by atoms with Crippen molar-refractivity contribution in [1.82, 2.24) is 14.9 Å². The summed E-state index contributed by atoms with van der Waals surface area (Å²) in [4.78, 5) is 16.7. The van der Waals surface area contributed by atoms with Gasteiger partial charge in [-0.05, 0) is 45.9 Å². The van der Waals surface area contributed by atoms with Crippen molar-refractivity contribution < 1.29 is 9.90 Å². The number of hydrogen-bond donors (Lipinski definition) is 3. The number of aliphatic hydroxyl groups is 1. The van der Waals surface area contributed by atoms with Crippen LogP contribution in [0.2, 0.25) is 0 Å². The summed E-state index contributed by atoms with van der Waals surface area (Å²) >= 11 is 0. The Labute approximate surface area is 124 Å². The molecular weight excluding hydrogens is 268 g/mol. The van der Waals surface area contributed by atoms with Crippen LogP contribution in [0.1, 0.15) is 39.6 Å². The van der Waals surface area contributed by atoms with Crippen LogP contribution in [-0.4, -0.2) is 26.1 Å². The van der Waals surface area contributed by atoms with E-state index >= 15 is 0 Å². The fourth-order valence-electron chi connectivity index (χ4n) is 2.30. The smallest absolute Gasteiger partial charge is 0.243 e. The van der Waals surface area contributed by atoms with E-state index in [-0.39, 0.29) is 18.1 Å². The van der Waals surface area contributed by atoms with Crippen LogP contribution in [0.5, 0.6) is 0 Å². The average molecular weight is 290 g/mol. The maximum atomic E-state index is 12.4. The van der Waals surface area contributed by atoms with E-state index in [1.54, 1.807) is 23.6 Å². The first-order valence-electron chi connectivity index (χ1n) is 6.92. The van der Waals surface area contributed by atoms with Gasteiger partial charge < -0.3 is 20.7 Å². The molecule has 1 amide bonds. The predicted molar refractivity (Wildman–Crippen MR) is 82.7 cm³/mol. The van der Waals surface area contributed by atoms with Crippen LogP contribution in [0.4, 0.5) is 5.69 Å². The molecule has 0 fully saturated rings. The summed E-state index contributed by atoms with van der Waals surface area (Å²) < 4.78 is 1.75. The topological polar surface area (TPSA) is 93.2 Å². The van der Waals surface area contributed by atoms with Gasteiger partial charge in [-0.3, -0.25) is 4.79 Å². The fraction of sp³-hybridized carbons (Fsp3) is 0.467. The van der Waals surface area contributed by atoms with Crippen molar-refractivity contribution in [3.63, 3.8) is 0 Å². The minimum absolute atomic E-state index is 0.117. The molecular formula is C15H22N4O2. The third-order valence-corrected chi connectivity index (χ3v) is 3.19. The highest BCUT2D eigenvalue weighted by Crippen LogP contribution is 2.24. The number of aliphatic hydroxyl groups excluding tert-OH is 1. The number of nitrogens with one attached hydrogen (secondary N) is 1. The molecule has 6 nitrogen and oxygen atoms in total. The van der Waals surface area contributed by atoms with Crippen LogP contribution in [0.25, 0.3) is 11.0 Å². The van der Waals surface area contributed by atoms with Gasteiger partial charge in [0.25, 0.3) is 0 Å². The molecule has 2 rings (SSSR count). The van der Waals surface area contributed by atoms with E-state index in [9.17, 15) is 9.90 Å². The highest BCUT2D eigenvalue weighted by Gasteiger charge is 2.24. The summed E-state index contributed by atoms with van der Waals surface area (Å²) in [5.74, 6) is 0.334. The van der Waals surface area contributed by atoms with Crippen molar-refractivity contribution in [1.29, 1.82) is 0 Å². The van der Waals surface area contributed by atoms with E-state index < -0.39 is 6.04 Å². The SMILES string of the molecule is CC(C(=O)NC(C)(C)C)n1c(CO)nc2cc(N)ccc21. The number of fused-ring (bicyclic) bond motifs is 1. The third-order valence-electron chi connectivity index (χ3n) is 3.19. The van der Waals surface area contributed by atoms with Gasteiger partial charge in [-0.25, -0.2) is 4.98 Å². The van der Waals surface area contributed by atoms with E-state index in [1.165, 1.54) is 0 Å². The molecule has 1 aromatic carbocycles. The fourth-order valence-corrected chi connectivity index (χ4v) is 2.30. The highest BCUT2D eigenvalue weighted by molar-refractivity contribution is 5.85. The predicted octanol–water partition coefficient (Wildman–Crippen LogP) is 1.59. The molecule has 0 aliphatic rings. The van der Waals surface area contributed by atoms with Gasteiger partial charge in [-0.2, -0.15) is 0 Å². The Bertz CT molecular complexity index is 670. The first-order chi connectivity index (χ1) is 9.73. The zero-order chi connectivity index (χ0) is 15.8. The summed E-state index contributed by atoms with van der Waals surface area (Å²) in [6.07, 6.45) is 0. The van der Waals surface area contributed by atoms with Crippen molar-refractivity contribution in [2.45, 2.75) is 45.9 Å². The molecule has 0 bridgehead atoms. The Balaban J connectivity index is 2.47. The average Bonchev–Trinajstić information content (AvgIpc) is 2.73. The van der Waals surface area contributed by atoms with Gasteiger partial charge in [0, 0.05) is 11.2 Å². The van der Waals surface area contributed by atoms with Crippen LogP contribution in [0.15, 0.2) is 18.2 Å². The second kappa shape index (κ2) is 5.37. The van der Waals surface area contributed by atoms with Crippen LogP contribution in [0.3, 0.4) is 0 Å². The first kappa shape index (κ1) is 15.3. The number of nitrogen functional groups attached to an aromatic ring is 1. The number of amides is 1. The molecule has 4 N–H and O–H groups in total. The van der Waals surface area contributed by atoms with Crippen molar-refractivity contribution >= 4 is 22.6 Å². The summed E-state index contributed by atoms with van der Waals surface area (Å²) in [5.41, 5.74) is 7.50. The monoisotopic (exact) mass is 290 g/mol. The number of nitrogens with two attached hydrogens (primary N) is 1. The minimum Gasteiger partial charge on any atom is -0.399 e. The van der Waals surface area contributed by atoms with Crippen LogP contribution in [-0.2, 0) is 11.4 Å². The molecule has 0 radical (unpaired) electrons. The molecule has 1 aromatic heterocycles. The first-order valence-corrected chi connectivity index (χ1v) is 6.92. The molecule has 1 heterocycles. The minimum atomic E-state index is -0.472. The van der Waals surface area contributed by atoms with Crippen molar-refractivity contribution in [2.24, 2.45) is 0 Å². The Morgan fingerprint density at radius 2 is 2.14 bits per heavy atom. The van der Waals surface area contributed by atoms with Crippen molar-refractivity contribution in [3.8, 4) is 0 Å². The van der Waals surface area contributed by atoms with Gasteiger partial charge in [-0.1, -0.05) is 0 Å². The summed E-state index contributed by atoms with van der Waals surface area (Å²) in [6.45, 7) is 7.34. The number of imidazole rings is 1. The lowest BCUT2D eigenvalue weighted by molar-refractivity contribution is -0.125. The summed E-state index contributed by atoms with van der Waals surface area (Å²) in [7, 11) is 0. The number of carbonyl (C=O) groups excluding carboxylic acids is 1. The molecule has 2 aromatic rings. The zero-order valence-corrected chi connectivity index (χ0v) is 12.8. The Kier molecular flexibility index (Phi) is 3.91. The zero-order valence-electron chi connectivity index (χ0n) is 12.8. The van der Waals surface area contributed by atoms with E-state index in [0.717, 1.165) is 5.52 Å². The standard InChI is InChI=1S/C15H22N4O2/c1-9(14(21)18-15(2,3)4)19-12-6-5-10(16)7-11(12)17-13(19)8-20/h5-7,9,20H,8,16H2,1-4H3,(H,18,21). The molecule has 6 heteroatoms. The van der Waals surface area contributed by atoms with Gasteiger partial charge in [-0.15, -0.1) is 0 Å². The number of hydrogen-bond acceptors (Lipinski definition) is 4. The van der Waals surface area contributed by atoms with E-state index in [4.69, 9.17) is 5.73 Å². The van der Waals surface area contributed by atoms with Gasteiger partial charge in [0.15, 0.2) is 0 Å². The molecule has 1 atom stereocenters. The molecule has 0 aliphatic heterocycles. The number of nitrogens with zero attached hydrogens (tertiary/aromatic N) is 2. The Morgan fingerprint density at radius 1 is 1.48 bits per heavy atom. The van der Waals surface area contributed by atoms with E-state index in [0.29, 0.717) is 17.0 Å². The van der Waals surface area contributed by atoms with Gasteiger partial charge in [0.2, 0.25) is 5.91 Å². The Morgan fingerprint density at radius 3 is 2.71 bits per heavy atom. The number of carbonyl (C=O) groups is 1. The largest absolute Gasteiger partial charge is 0.399 e. The van der Waals surface area contributed by atoms with Crippen molar-refractivity contribution in [3.05, 3.63) is 24.0 Å². The van der Waals surface area contributed by atoms with Crippen LogP contribution >= 0.6 is 0 Å². The van der Waals surface area contributed by atoms with Gasteiger partial charge in [0.1, 0.15) is 18.5 Å². The highest BCUT2D eigenvalue weighted by atomic mass is 16.3. The van der Waals surface area contributed by atoms with Crippen LogP contribution in [0, 0.1) is 0 Å². The molecule has 1 unspecified atom stereocenters. The molecule has 0 saturated heterocycles. The summed E-state index contributed by atoms with van der Waals surface area (Å²) in [6, 6.07) is 4.84. The lowest BCUT2D eigenvalue weighted by Crippen LogP contribution is -2.44. The number of aromatic nitrogens is 2. The van der Waals surface area contributed by atoms with Gasteiger partial charge in [0.05, 0.1) is 11.0 Å². The number of benzene rings is 1. The lowest BCUT2D eigenvalue weighted by Gasteiger charge is -2.24. The molecule has 0 spiro atoms. The van der Waals surface area contributed by atoms with Crippen LogP contribution < -0.4 is 11.1 Å². The molecule has 0 aliphatic carbocycles. The van der Waals surface area contributed by atoms with Crippen molar-refractivity contribution in [2.75, 3.05) is 5.73 Å². The maximum Gasteiger partial charge on any atom is 0.243 e. The second-order valence-electron chi connectivity index (χ2n) is 6.22. The molecule has 0 saturated carbocycles. The molecule has 114 valence electrons. The Hall–Kier alpha value is -2.08. The second-order valence-corrected chi connectivity index (χ2v) is 6.22. The van der Waals surface area contributed by atoms with E-state index in [1.807, 2.05) is 26.8 Å². The lowest BCUT2D eigenvalue weighted by atomic mass is 10.1. The maximum absolute atomic E-state index is 12.4. The normalized spacial score (nSPS) is 13.4. The van der Waals surface area contributed by atoms with Gasteiger partial charge >= 0.3 is 0 Å². The van der Waals surface area contributed by atoms with E-state index in [2.05, 4.69) is 10.3 Å². The summed E-state index contributed by atoms with van der Waals surface area (Å²) in [5, 5.41) is 12.4. The number of rotatable bonds is 3.